The molecule has 0 spiro atoms. The first kappa shape index (κ1) is 23.7. The number of ether oxygens (including phenoxy) is 2. The third-order valence-corrected chi connectivity index (χ3v) is 5.56. The van der Waals surface area contributed by atoms with Crippen molar-refractivity contribution < 1.29 is 23.5 Å². The minimum absolute atomic E-state index is 0.0446. The normalized spacial score (nSPS) is 17.0. The smallest absolute Gasteiger partial charge is 0.289 e. The van der Waals surface area contributed by atoms with E-state index in [1.165, 1.54) is 6.26 Å². The van der Waals surface area contributed by atoms with E-state index in [1.807, 2.05) is 25.1 Å². The van der Waals surface area contributed by atoms with Gasteiger partial charge in [-0.3, -0.25) is 9.59 Å². The quantitative estimate of drug-likeness (QED) is 0.582. The van der Waals surface area contributed by atoms with Gasteiger partial charge in [0.05, 0.1) is 31.4 Å². The minimum atomic E-state index is -0.243. The molecule has 0 radical (unpaired) electrons. The second kappa shape index (κ2) is 11.6. The van der Waals surface area contributed by atoms with Crippen molar-refractivity contribution in [3.8, 4) is 11.5 Å². The Morgan fingerprint density at radius 1 is 1.16 bits per heavy atom. The van der Waals surface area contributed by atoms with Crippen LogP contribution < -0.4 is 14.8 Å². The Morgan fingerprint density at radius 3 is 2.59 bits per heavy atom. The Kier molecular flexibility index (Phi) is 8.59. The maximum Gasteiger partial charge on any atom is 0.289 e. The molecule has 1 N–H and O–H groups in total. The molecule has 2 aromatic rings. The molecule has 1 aliphatic rings. The van der Waals surface area contributed by atoms with Gasteiger partial charge in [0, 0.05) is 13.1 Å². The number of amides is 2. The van der Waals surface area contributed by atoms with Crippen molar-refractivity contribution in [1.82, 2.24) is 10.2 Å². The Balaban J connectivity index is 1.63. The number of piperidine rings is 1. The molecule has 1 fully saturated rings. The molecule has 32 heavy (non-hydrogen) atoms. The van der Waals surface area contributed by atoms with Crippen molar-refractivity contribution in [3.05, 3.63) is 47.9 Å². The van der Waals surface area contributed by atoms with E-state index in [9.17, 15) is 9.59 Å². The summed E-state index contributed by atoms with van der Waals surface area (Å²) in [4.78, 5) is 27.3. The average Bonchev–Trinajstić information content (AvgIpc) is 3.36. The van der Waals surface area contributed by atoms with Gasteiger partial charge in [0.2, 0.25) is 5.91 Å². The molecule has 1 saturated heterocycles. The highest BCUT2D eigenvalue weighted by Crippen LogP contribution is 2.31. The molecule has 7 heteroatoms. The molecule has 1 aromatic carbocycles. The summed E-state index contributed by atoms with van der Waals surface area (Å²) in [7, 11) is 0. The molecular formula is C25H34N2O5. The second-order valence-electron chi connectivity index (χ2n) is 8.20. The van der Waals surface area contributed by atoms with Crippen molar-refractivity contribution in [2.75, 3.05) is 26.3 Å². The maximum absolute atomic E-state index is 13.0. The number of likely N-dealkylation sites (tertiary alicyclic amines) is 1. The first-order valence-electron chi connectivity index (χ1n) is 11.6. The zero-order valence-corrected chi connectivity index (χ0v) is 19.3. The Bertz CT molecular complexity index is 880. The van der Waals surface area contributed by atoms with Gasteiger partial charge in [-0.1, -0.05) is 19.9 Å². The zero-order chi connectivity index (χ0) is 22.9. The summed E-state index contributed by atoms with van der Waals surface area (Å²) < 4.78 is 16.9. The number of nitrogens with one attached hydrogen (secondary N) is 1. The highest BCUT2D eigenvalue weighted by Gasteiger charge is 2.30. The molecule has 2 atom stereocenters. The van der Waals surface area contributed by atoms with Crippen LogP contribution in [0, 0.1) is 5.92 Å². The fourth-order valence-electron chi connectivity index (χ4n) is 3.80. The van der Waals surface area contributed by atoms with Crippen molar-refractivity contribution in [2.45, 2.75) is 52.5 Å². The third-order valence-electron chi connectivity index (χ3n) is 5.56. The van der Waals surface area contributed by atoms with Crippen molar-refractivity contribution in [2.24, 2.45) is 5.92 Å². The topological polar surface area (TPSA) is 81.0 Å². The summed E-state index contributed by atoms with van der Waals surface area (Å²) in [5, 5.41) is 3.11. The molecular weight excluding hydrogens is 408 g/mol. The van der Waals surface area contributed by atoms with Crippen LogP contribution in [0.25, 0.3) is 0 Å². The summed E-state index contributed by atoms with van der Waals surface area (Å²) in [6, 6.07) is 8.97. The van der Waals surface area contributed by atoms with Crippen LogP contribution in [-0.2, 0) is 4.79 Å². The van der Waals surface area contributed by atoms with E-state index in [-0.39, 0.29) is 23.8 Å². The number of benzene rings is 1. The van der Waals surface area contributed by atoms with Gasteiger partial charge >= 0.3 is 0 Å². The highest BCUT2D eigenvalue weighted by molar-refractivity contribution is 5.92. The van der Waals surface area contributed by atoms with Crippen LogP contribution >= 0.6 is 0 Å². The lowest BCUT2D eigenvalue weighted by Crippen LogP contribution is -2.45. The largest absolute Gasteiger partial charge is 0.490 e. The standard InChI is InChI=1S/C25H34N2O5/c1-4-13-30-21-11-10-19(16-23(21)31-14-5-2)18(3)26-24(28)20-8-6-12-27(17-20)25(29)22-9-7-15-32-22/h7,9-11,15-16,18,20H,4-6,8,12-14,17H2,1-3H3,(H,26,28). The molecule has 2 heterocycles. The average molecular weight is 443 g/mol. The summed E-state index contributed by atoms with van der Waals surface area (Å²) in [6.45, 7) is 8.34. The Labute approximate surface area is 190 Å². The van der Waals surface area contributed by atoms with Gasteiger partial charge in [0.1, 0.15) is 0 Å². The molecule has 0 bridgehead atoms. The monoisotopic (exact) mass is 442 g/mol. The van der Waals surface area contributed by atoms with Crippen LogP contribution in [0.5, 0.6) is 11.5 Å². The van der Waals surface area contributed by atoms with E-state index >= 15 is 0 Å². The summed E-state index contributed by atoms with van der Waals surface area (Å²) in [5.74, 6) is 1.28. The van der Waals surface area contributed by atoms with E-state index in [1.54, 1.807) is 17.0 Å². The number of hydrogen-bond donors (Lipinski definition) is 1. The predicted octanol–water partition coefficient (Wildman–Crippen LogP) is 4.59. The highest BCUT2D eigenvalue weighted by atomic mass is 16.5. The van der Waals surface area contributed by atoms with Gasteiger partial charge in [0.25, 0.3) is 5.91 Å². The molecule has 1 aliphatic heterocycles. The Hall–Kier alpha value is -2.96. The molecule has 1 aromatic heterocycles. The number of furan rings is 1. The number of carbonyl (C=O) groups excluding carboxylic acids is 2. The van der Waals surface area contributed by atoms with Crippen LogP contribution in [0.2, 0.25) is 0 Å². The lowest BCUT2D eigenvalue weighted by molar-refractivity contribution is -0.127. The fraction of sp³-hybridized carbons (Fsp3) is 0.520. The molecule has 3 rings (SSSR count). The third kappa shape index (κ3) is 6.05. The SMILES string of the molecule is CCCOc1ccc(C(C)NC(=O)C2CCCN(C(=O)c3ccco3)C2)cc1OCCC. The van der Waals surface area contributed by atoms with Crippen LogP contribution in [0.15, 0.2) is 41.0 Å². The van der Waals surface area contributed by atoms with Gasteiger partial charge in [-0.15, -0.1) is 0 Å². The fourth-order valence-corrected chi connectivity index (χ4v) is 3.80. The van der Waals surface area contributed by atoms with Crippen molar-refractivity contribution in [1.29, 1.82) is 0 Å². The number of rotatable bonds is 10. The summed E-state index contributed by atoms with van der Waals surface area (Å²) in [6.07, 6.45) is 4.85. The van der Waals surface area contributed by atoms with E-state index in [0.29, 0.717) is 37.8 Å². The van der Waals surface area contributed by atoms with Crippen LogP contribution in [0.4, 0.5) is 0 Å². The molecule has 7 nitrogen and oxygen atoms in total. The second-order valence-corrected chi connectivity index (χ2v) is 8.20. The van der Waals surface area contributed by atoms with Gasteiger partial charge in [0.15, 0.2) is 17.3 Å². The number of carbonyl (C=O) groups is 2. The van der Waals surface area contributed by atoms with E-state index in [4.69, 9.17) is 13.9 Å². The van der Waals surface area contributed by atoms with Crippen LogP contribution in [0.1, 0.15) is 68.6 Å². The van der Waals surface area contributed by atoms with Gasteiger partial charge in [-0.25, -0.2) is 0 Å². The van der Waals surface area contributed by atoms with Gasteiger partial charge in [-0.05, 0) is 62.4 Å². The predicted molar refractivity (Wildman–Crippen MR) is 122 cm³/mol. The first-order valence-corrected chi connectivity index (χ1v) is 11.6. The van der Waals surface area contributed by atoms with E-state index in [2.05, 4.69) is 19.2 Å². The molecule has 174 valence electrons. The summed E-state index contributed by atoms with van der Waals surface area (Å²) >= 11 is 0. The number of nitrogens with zero attached hydrogens (tertiary/aromatic N) is 1. The van der Waals surface area contributed by atoms with E-state index in [0.717, 1.165) is 37.0 Å². The van der Waals surface area contributed by atoms with Crippen molar-refractivity contribution >= 4 is 11.8 Å². The van der Waals surface area contributed by atoms with Crippen LogP contribution in [-0.4, -0.2) is 43.0 Å². The molecule has 2 amide bonds. The van der Waals surface area contributed by atoms with Gasteiger partial charge < -0.3 is 24.1 Å². The molecule has 0 aliphatic carbocycles. The van der Waals surface area contributed by atoms with Gasteiger partial charge in [-0.2, -0.15) is 0 Å². The van der Waals surface area contributed by atoms with E-state index < -0.39 is 0 Å². The first-order chi connectivity index (χ1) is 15.5. The minimum Gasteiger partial charge on any atom is -0.490 e. The zero-order valence-electron chi connectivity index (χ0n) is 19.3. The molecule has 0 saturated carbocycles. The van der Waals surface area contributed by atoms with Crippen molar-refractivity contribution in [3.63, 3.8) is 0 Å². The molecule has 2 unspecified atom stereocenters. The lowest BCUT2D eigenvalue weighted by Gasteiger charge is -2.32. The summed E-state index contributed by atoms with van der Waals surface area (Å²) in [5.41, 5.74) is 0.952. The maximum atomic E-state index is 13.0. The number of hydrogen-bond acceptors (Lipinski definition) is 5. The lowest BCUT2D eigenvalue weighted by atomic mass is 9.96. The Morgan fingerprint density at radius 2 is 1.91 bits per heavy atom. The van der Waals surface area contributed by atoms with Crippen LogP contribution in [0.3, 0.4) is 0 Å².